The van der Waals surface area contributed by atoms with Gasteiger partial charge in [-0.3, -0.25) is 13.7 Å². The Bertz CT molecular complexity index is 2910. The molecule has 0 fully saturated rings. The molecular weight excluding hydrogens is 761 g/mol. The van der Waals surface area contributed by atoms with Crippen LogP contribution in [0.25, 0.3) is 21.5 Å². The van der Waals surface area contributed by atoms with E-state index in [0.29, 0.717) is 22.5 Å². The molecule has 0 amide bonds. The van der Waals surface area contributed by atoms with Crippen molar-refractivity contribution in [3.05, 3.63) is 108 Å². The summed E-state index contributed by atoms with van der Waals surface area (Å²) in [6.45, 7) is 3.22. The van der Waals surface area contributed by atoms with Gasteiger partial charge in [0.2, 0.25) is 6.20 Å². The quantitative estimate of drug-likeness (QED) is 0.0537. The fourth-order valence-corrected chi connectivity index (χ4v) is 7.24. The highest BCUT2D eigenvalue weighted by atomic mass is 32.2. The number of fused-ring (bicyclic) bond motifs is 2. The number of benzene rings is 5. The predicted octanol–water partition coefficient (Wildman–Crippen LogP) is 6.50. The van der Waals surface area contributed by atoms with Crippen molar-refractivity contribution in [3.63, 3.8) is 0 Å². The average Bonchev–Trinajstić information content (AvgIpc) is 3.06. The molecule has 272 valence electrons. The molecule has 0 unspecified atom stereocenters. The summed E-state index contributed by atoms with van der Waals surface area (Å²) >= 11 is 0. The van der Waals surface area contributed by atoms with Crippen molar-refractivity contribution in [2.45, 2.75) is 28.5 Å². The van der Waals surface area contributed by atoms with Crippen LogP contribution in [0.1, 0.15) is 11.1 Å². The Kier molecular flexibility index (Phi) is 9.57. The first-order valence-electron chi connectivity index (χ1n) is 14.9. The van der Waals surface area contributed by atoms with E-state index >= 15 is 0 Å². The molecular formula is C32H25F2N7O9S3+2. The Hall–Kier alpha value is -5.71. The molecule has 5 aromatic carbocycles. The van der Waals surface area contributed by atoms with Crippen molar-refractivity contribution in [3.8, 4) is 0 Å². The van der Waals surface area contributed by atoms with E-state index in [2.05, 4.69) is 25.9 Å². The maximum atomic E-state index is 13.5. The molecule has 0 atom stereocenters. The normalized spacial score (nSPS) is 12.7. The summed E-state index contributed by atoms with van der Waals surface area (Å²) in [4.78, 5) is -1.96. The van der Waals surface area contributed by atoms with Crippen LogP contribution < -0.4 is 14.9 Å². The molecule has 1 aromatic heterocycles. The molecule has 16 nitrogen and oxygen atoms in total. The Morgan fingerprint density at radius 2 is 1.25 bits per heavy atom. The van der Waals surface area contributed by atoms with Gasteiger partial charge in [0.1, 0.15) is 30.8 Å². The lowest BCUT2D eigenvalue weighted by atomic mass is 10.1. The number of nitrogens with one attached hydrogen (secondary N) is 1. The molecule has 53 heavy (non-hydrogen) atoms. The van der Waals surface area contributed by atoms with Gasteiger partial charge in [-0.05, 0) is 95.7 Å². The van der Waals surface area contributed by atoms with E-state index in [1.54, 1.807) is 25.1 Å². The molecule has 0 spiro atoms. The first-order valence-corrected chi connectivity index (χ1v) is 19.2. The van der Waals surface area contributed by atoms with Crippen LogP contribution in [0.3, 0.4) is 0 Å². The Morgan fingerprint density at radius 1 is 0.623 bits per heavy atom. The molecule has 0 saturated carbocycles. The van der Waals surface area contributed by atoms with Gasteiger partial charge in [0, 0.05) is 16.2 Å². The first kappa shape index (κ1) is 37.1. The predicted molar refractivity (Wildman–Crippen MR) is 184 cm³/mol. The molecule has 6 rings (SSSR count). The van der Waals surface area contributed by atoms with Crippen molar-refractivity contribution in [2.24, 2.45) is 20.5 Å². The lowest BCUT2D eigenvalue weighted by molar-refractivity contribution is -0.919. The highest BCUT2D eigenvalue weighted by molar-refractivity contribution is 7.86. The van der Waals surface area contributed by atoms with E-state index in [9.17, 15) is 47.8 Å². The van der Waals surface area contributed by atoms with Gasteiger partial charge in [0.25, 0.3) is 30.4 Å². The summed E-state index contributed by atoms with van der Waals surface area (Å²) in [6, 6.07) is 16.6. The van der Waals surface area contributed by atoms with E-state index in [4.69, 9.17) is 0 Å². The van der Waals surface area contributed by atoms with Crippen LogP contribution in [0.5, 0.6) is 0 Å². The molecule has 0 bridgehead atoms. The van der Waals surface area contributed by atoms with Gasteiger partial charge in [-0.25, -0.2) is 0 Å². The number of aryl methyl sites for hydroxylation is 2. The summed E-state index contributed by atoms with van der Waals surface area (Å²) in [5.74, 6) is -1.09. The number of hydrogen-bond donors (Lipinski definition) is 4. The van der Waals surface area contributed by atoms with Crippen LogP contribution in [0.2, 0.25) is 0 Å². The van der Waals surface area contributed by atoms with E-state index in [1.165, 1.54) is 48.1 Å². The lowest BCUT2D eigenvalue weighted by Gasteiger charge is -2.10. The minimum absolute atomic E-state index is 0.0284. The minimum Gasteiger partial charge on any atom is -0.282 e. The first-order chi connectivity index (χ1) is 24.8. The van der Waals surface area contributed by atoms with Gasteiger partial charge in [0.15, 0.2) is 0 Å². The van der Waals surface area contributed by atoms with Crippen LogP contribution in [-0.2, 0) is 30.4 Å². The van der Waals surface area contributed by atoms with E-state index in [0.717, 1.165) is 36.7 Å². The molecule has 0 aliphatic heterocycles. The Balaban J connectivity index is 1.42. The van der Waals surface area contributed by atoms with Gasteiger partial charge in [-0.15, -0.1) is 19.7 Å². The lowest BCUT2D eigenvalue weighted by Crippen LogP contribution is -2.49. The number of nitrogens with zero attached hydrogens (tertiary/aromatic N) is 6. The molecule has 0 aliphatic rings. The maximum Gasteiger partial charge on any atom is 0.482 e. The smallest absolute Gasteiger partial charge is 0.282 e. The van der Waals surface area contributed by atoms with Gasteiger partial charge in [-0.1, -0.05) is 12.1 Å². The third-order valence-electron chi connectivity index (χ3n) is 7.72. The van der Waals surface area contributed by atoms with Crippen LogP contribution in [0.15, 0.2) is 127 Å². The molecule has 0 radical (unpaired) electrons. The minimum atomic E-state index is -4.94. The summed E-state index contributed by atoms with van der Waals surface area (Å²) in [5, 5.41) is 16.9. The van der Waals surface area contributed by atoms with Crippen LogP contribution in [0, 0.1) is 19.8 Å². The molecule has 4 N–H and O–H groups in total. The number of halogens is 2. The third kappa shape index (κ3) is 8.04. The van der Waals surface area contributed by atoms with Crippen molar-refractivity contribution in [2.75, 3.05) is 5.43 Å². The zero-order chi connectivity index (χ0) is 38.5. The second kappa shape index (κ2) is 13.7. The summed E-state index contributed by atoms with van der Waals surface area (Å²) in [5.41, 5.74) is 4.33. The fourth-order valence-electron chi connectivity index (χ4n) is 5.30. The van der Waals surface area contributed by atoms with Gasteiger partial charge < -0.3 is 0 Å². The number of rotatable bonds is 9. The van der Waals surface area contributed by atoms with Crippen molar-refractivity contribution in [1.29, 1.82) is 0 Å². The monoisotopic (exact) mass is 785 g/mol. The zero-order valence-corrected chi connectivity index (χ0v) is 29.6. The second-order valence-corrected chi connectivity index (χ2v) is 15.7. The maximum absolute atomic E-state index is 13.5. The molecule has 0 saturated heterocycles. The number of aromatic nitrogens is 2. The Morgan fingerprint density at radius 3 is 1.87 bits per heavy atom. The zero-order valence-electron chi connectivity index (χ0n) is 27.1. The highest BCUT2D eigenvalue weighted by Gasteiger charge is 2.22. The van der Waals surface area contributed by atoms with Crippen LogP contribution in [-0.4, -0.2) is 38.9 Å². The molecule has 0 aliphatic carbocycles. The Labute approximate surface area is 299 Å². The topological polar surface area (TPSA) is 232 Å². The van der Waals surface area contributed by atoms with E-state index in [-0.39, 0.29) is 37.7 Å². The van der Waals surface area contributed by atoms with Gasteiger partial charge >= 0.3 is 12.3 Å². The van der Waals surface area contributed by atoms with Crippen LogP contribution in [0.4, 0.5) is 37.3 Å². The summed E-state index contributed by atoms with van der Waals surface area (Å²) in [6.07, 6.45) is 2.10. The van der Waals surface area contributed by atoms with Crippen molar-refractivity contribution in [1.82, 2.24) is 0 Å². The standard InChI is InChI=1S/C32H23F2N7O9S3/c1-18-11-20-14-31(53(48,49)50)29(16-24(20)30(12-18)52(45,46)47)38-36-27-7-8-28(25-15-22(51(42,43)44)4-5-23(25)27)37-35-26-6-3-21(13-19(26)2)39-40-10-9-32(33)41(34)17-40/h3-17,39H,1-2H3,(H-2,42,43,44,45,46,47,48,49,50)/p+2. The SMILES string of the molecule is Cc1cc(S(=O)(=O)O)c2cc(N=Nc3ccc(N=Nc4ccc(N[n+]5ccc(F)[n+](F)c5)cc4C)c4cc(S(=O)(=O)O)ccc34)c(S(=O)(=O)O)cc2c1. The number of anilines is 1. The van der Waals surface area contributed by atoms with E-state index in [1.807, 2.05) is 0 Å². The summed E-state index contributed by atoms with van der Waals surface area (Å²) < 4.78 is 131. The second-order valence-electron chi connectivity index (χ2n) is 11.5. The number of azo groups is 2. The van der Waals surface area contributed by atoms with E-state index < -0.39 is 56.7 Å². The average molecular weight is 786 g/mol. The largest absolute Gasteiger partial charge is 0.482 e. The fraction of sp³-hybridized carbons (Fsp3) is 0.0625. The van der Waals surface area contributed by atoms with Crippen molar-refractivity contribution >= 4 is 80.3 Å². The van der Waals surface area contributed by atoms with Gasteiger partial charge in [-0.2, -0.15) is 35.8 Å². The summed E-state index contributed by atoms with van der Waals surface area (Å²) in [7, 11) is -14.4. The highest BCUT2D eigenvalue weighted by Crippen LogP contribution is 2.39. The van der Waals surface area contributed by atoms with Crippen LogP contribution >= 0.6 is 0 Å². The third-order valence-corrected chi connectivity index (χ3v) is 10.3. The van der Waals surface area contributed by atoms with Gasteiger partial charge in [0.05, 0.1) is 27.6 Å². The molecule has 6 aromatic rings. The van der Waals surface area contributed by atoms with Crippen molar-refractivity contribution < 1.29 is 57.2 Å². The molecule has 21 heteroatoms. The molecule has 1 heterocycles. The number of hydrogen-bond acceptors (Lipinski definition) is 11.